The molecule has 4 aromatic rings. The SMILES string of the molecule is O=C(CSc1cccc(NC(=O)c2ccc([N+](=O)[O-])cc2)c1)Nc1ccc(Oc2ccccc2)cc1. The summed E-state index contributed by atoms with van der Waals surface area (Å²) in [5, 5.41) is 16.4. The molecule has 0 heterocycles. The van der Waals surface area contributed by atoms with Gasteiger partial charge in [-0.25, -0.2) is 0 Å². The molecular weight excluding hydrogens is 478 g/mol. The van der Waals surface area contributed by atoms with Crippen molar-refractivity contribution in [3.05, 3.63) is 119 Å². The van der Waals surface area contributed by atoms with Gasteiger partial charge in [-0.3, -0.25) is 19.7 Å². The zero-order chi connectivity index (χ0) is 25.3. The van der Waals surface area contributed by atoms with Crippen LogP contribution in [-0.2, 0) is 4.79 Å². The number of ether oxygens (including phenoxy) is 1. The maximum atomic E-state index is 12.4. The molecule has 2 N–H and O–H groups in total. The first kappa shape index (κ1) is 24.5. The predicted octanol–water partition coefficient (Wildman–Crippen LogP) is 6.37. The Bertz CT molecular complexity index is 1360. The standard InChI is InChI=1S/C27H21N3O5S/c31-26(28-20-11-15-24(16-12-20)35-23-6-2-1-3-7-23)18-36-25-8-4-5-21(17-25)29-27(32)19-9-13-22(14-10-19)30(33)34/h1-17H,18H2,(H,28,31)(H,29,32). The summed E-state index contributed by atoms with van der Waals surface area (Å²) in [4.78, 5) is 35.9. The van der Waals surface area contributed by atoms with Crippen LogP contribution in [0.1, 0.15) is 10.4 Å². The van der Waals surface area contributed by atoms with Crippen LogP contribution in [0.2, 0.25) is 0 Å². The van der Waals surface area contributed by atoms with Gasteiger partial charge in [-0.2, -0.15) is 0 Å². The van der Waals surface area contributed by atoms with Gasteiger partial charge in [-0.15, -0.1) is 11.8 Å². The Morgan fingerprint density at radius 3 is 2.17 bits per heavy atom. The molecule has 0 bridgehead atoms. The van der Waals surface area contributed by atoms with Crippen molar-refractivity contribution in [1.82, 2.24) is 0 Å². The summed E-state index contributed by atoms with van der Waals surface area (Å²) in [6.45, 7) is 0. The third kappa shape index (κ3) is 6.94. The number of hydrogen-bond acceptors (Lipinski definition) is 6. The number of thioether (sulfide) groups is 1. The van der Waals surface area contributed by atoms with E-state index in [0.29, 0.717) is 22.7 Å². The number of carbonyl (C=O) groups is 2. The van der Waals surface area contributed by atoms with Gasteiger partial charge >= 0.3 is 0 Å². The summed E-state index contributed by atoms with van der Waals surface area (Å²) in [5.74, 6) is 1.03. The van der Waals surface area contributed by atoms with Crippen LogP contribution in [0.5, 0.6) is 11.5 Å². The number of carbonyl (C=O) groups excluding carboxylic acids is 2. The molecule has 4 rings (SSSR count). The van der Waals surface area contributed by atoms with Crippen LogP contribution in [0.25, 0.3) is 0 Å². The highest BCUT2D eigenvalue weighted by molar-refractivity contribution is 8.00. The van der Waals surface area contributed by atoms with E-state index in [1.54, 1.807) is 42.5 Å². The van der Waals surface area contributed by atoms with E-state index in [4.69, 9.17) is 4.74 Å². The highest BCUT2D eigenvalue weighted by Gasteiger charge is 2.11. The Balaban J connectivity index is 1.27. The quantitative estimate of drug-likeness (QED) is 0.157. The third-order valence-corrected chi connectivity index (χ3v) is 5.91. The van der Waals surface area contributed by atoms with Crippen molar-refractivity contribution in [2.75, 3.05) is 16.4 Å². The van der Waals surface area contributed by atoms with Crippen LogP contribution >= 0.6 is 11.8 Å². The van der Waals surface area contributed by atoms with Crippen molar-refractivity contribution < 1.29 is 19.2 Å². The molecule has 0 aliphatic carbocycles. The van der Waals surface area contributed by atoms with Gasteiger partial charge in [0.15, 0.2) is 0 Å². The molecule has 180 valence electrons. The van der Waals surface area contributed by atoms with Crippen LogP contribution in [0.15, 0.2) is 108 Å². The van der Waals surface area contributed by atoms with Crippen molar-refractivity contribution in [1.29, 1.82) is 0 Å². The summed E-state index contributed by atoms with van der Waals surface area (Å²) in [6.07, 6.45) is 0. The number of nitro benzene ring substituents is 1. The molecule has 0 spiro atoms. The highest BCUT2D eigenvalue weighted by atomic mass is 32.2. The van der Waals surface area contributed by atoms with Crippen molar-refractivity contribution in [2.45, 2.75) is 4.90 Å². The first-order chi connectivity index (χ1) is 17.5. The van der Waals surface area contributed by atoms with Gasteiger partial charge in [-0.05, 0) is 66.7 Å². The lowest BCUT2D eigenvalue weighted by Crippen LogP contribution is -2.14. The Kier molecular flexibility index (Phi) is 7.94. The fourth-order valence-electron chi connectivity index (χ4n) is 3.18. The smallest absolute Gasteiger partial charge is 0.269 e. The minimum atomic E-state index is -0.520. The molecule has 0 aliphatic rings. The van der Waals surface area contributed by atoms with Crippen molar-refractivity contribution in [2.24, 2.45) is 0 Å². The van der Waals surface area contributed by atoms with Crippen molar-refractivity contribution in [3.8, 4) is 11.5 Å². The first-order valence-electron chi connectivity index (χ1n) is 10.9. The molecule has 0 unspecified atom stereocenters. The zero-order valence-electron chi connectivity index (χ0n) is 18.9. The largest absolute Gasteiger partial charge is 0.457 e. The molecule has 0 aliphatic heterocycles. The van der Waals surface area contributed by atoms with E-state index in [-0.39, 0.29) is 23.3 Å². The summed E-state index contributed by atoms with van der Waals surface area (Å²) in [7, 11) is 0. The Morgan fingerprint density at radius 1 is 0.778 bits per heavy atom. The molecule has 0 aromatic heterocycles. The van der Waals surface area contributed by atoms with Crippen LogP contribution in [0.4, 0.5) is 17.1 Å². The average Bonchev–Trinajstić information content (AvgIpc) is 2.89. The number of benzene rings is 4. The summed E-state index contributed by atoms with van der Waals surface area (Å²) in [5.41, 5.74) is 1.43. The Hall–Kier alpha value is -4.63. The second kappa shape index (κ2) is 11.7. The Labute approximate surface area is 211 Å². The average molecular weight is 500 g/mol. The van der Waals surface area contributed by atoms with Gasteiger partial charge in [0, 0.05) is 34.0 Å². The predicted molar refractivity (Wildman–Crippen MR) is 140 cm³/mol. The number of para-hydroxylation sites is 1. The van der Waals surface area contributed by atoms with Gasteiger partial charge < -0.3 is 15.4 Å². The molecule has 8 nitrogen and oxygen atoms in total. The monoisotopic (exact) mass is 499 g/mol. The second-order valence-corrected chi connectivity index (χ2v) is 8.61. The number of hydrogen-bond donors (Lipinski definition) is 2. The molecule has 0 atom stereocenters. The van der Waals surface area contributed by atoms with Crippen LogP contribution < -0.4 is 15.4 Å². The van der Waals surface area contributed by atoms with Gasteiger partial charge in [0.25, 0.3) is 11.6 Å². The van der Waals surface area contributed by atoms with E-state index in [1.165, 1.54) is 36.0 Å². The van der Waals surface area contributed by atoms with E-state index in [2.05, 4.69) is 10.6 Å². The summed E-state index contributed by atoms with van der Waals surface area (Å²) < 4.78 is 5.75. The number of nitrogens with one attached hydrogen (secondary N) is 2. The van der Waals surface area contributed by atoms with Crippen molar-refractivity contribution in [3.63, 3.8) is 0 Å². The van der Waals surface area contributed by atoms with Gasteiger partial charge in [-0.1, -0.05) is 24.3 Å². The number of amides is 2. The topological polar surface area (TPSA) is 111 Å². The summed E-state index contributed by atoms with van der Waals surface area (Å²) in [6, 6.07) is 29.0. The molecule has 0 fully saturated rings. The number of nitro groups is 1. The molecule has 2 amide bonds. The maximum Gasteiger partial charge on any atom is 0.269 e. The lowest BCUT2D eigenvalue weighted by Gasteiger charge is -2.09. The lowest BCUT2D eigenvalue weighted by atomic mass is 10.2. The normalized spacial score (nSPS) is 10.3. The van der Waals surface area contributed by atoms with E-state index < -0.39 is 4.92 Å². The van der Waals surface area contributed by atoms with Gasteiger partial charge in [0.2, 0.25) is 5.91 Å². The first-order valence-corrected chi connectivity index (χ1v) is 11.9. The molecular formula is C27H21N3O5S. The van der Waals surface area contributed by atoms with E-state index in [9.17, 15) is 19.7 Å². The van der Waals surface area contributed by atoms with E-state index in [0.717, 1.165) is 10.6 Å². The molecule has 4 aromatic carbocycles. The molecule has 0 saturated carbocycles. The molecule has 9 heteroatoms. The third-order valence-electron chi connectivity index (χ3n) is 4.92. The molecule has 0 saturated heterocycles. The fourth-order valence-corrected chi connectivity index (χ4v) is 3.93. The van der Waals surface area contributed by atoms with E-state index >= 15 is 0 Å². The second-order valence-electron chi connectivity index (χ2n) is 7.56. The van der Waals surface area contributed by atoms with Crippen molar-refractivity contribution >= 4 is 40.6 Å². The lowest BCUT2D eigenvalue weighted by molar-refractivity contribution is -0.384. The minimum absolute atomic E-state index is 0.0836. The highest BCUT2D eigenvalue weighted by Crippen LogP contribution is 2.25. The van der Waals surface area contributed by atoms with E-state index in [1.807, 2.05) is 36.4 Å². The van der Waals surface area contributed by atoms with Crippen LogP contribution in [0.3, 0.4) is 0 Å². The zero-order valence-corrected chi connectivity index (χ0v) is 19.7. The number of rotatable bonds is 9. The van der Waals surface area contributed by atoms with Crippen LogP contribution in [-0.4, -0.2) is 22.5 Å². The number of non-ortho nitro benzene ring substituents is 1. The minimum Gasteiger partial charge on any atom is -0.457 e. The molecule has 36 heavy (non-hydrogen) atoms. The number of nitrogens with zero attached hydrogens (tertiary/aromatic N) is 1. The van der Waals surface area contributed by atoms with Gasteiger partial charge in [0.05, 0.1) is 10.7 Å². The van der Waals surface area contributed by atoms with Gasteiger partial charge in [0.1, 0.15) is 11.5 Å². The number of anilines is 2. The molecule has 0 radical (unpaired) electrons. The Morgan fingerprint density at radius 2 is 1.47 bits per heavy atom. The van der Waals surface area contributed by atoms with Crippen LogP contribution in [0, 0.1) is 10.1 Å². The maximum absolute atomic E-state index is 12.4. The summed E-state index contributed by atoms with van der Waals surface area (Å²) >= 11 is 1.33. The fraction of sp³-hybridized carbons (Fsp3) is 0.0370.